The molecule has 5 N–H and O–H groups in total. The Balaban J connectivity index is 1.16. The third kappa shape index (κ3) is 4.44. The highest BCUT2D eigenvalue weighted by Gasteiger charge is 2.38. The van der Waals surface area contributed by atoms with Crippen molar-refractivity contribution in [2.24, 2.45) is 15.9 Å². The number of ether oxygens (including phenoxy) is 3. The maximum atomic E-state index is 14.4. The SMILES string of the molecule is COc1cc(O)c2c(O)c3c(=O)cc(C)c4c5c(COC(=O)C6N=C(C7=Nc8c(C)c(C)c(O)c(C)c8C7)CC6C)cc(=O)c6c(O)c7c(O)cc(OC)c8c1c2c(c34)c(c78)c65. The summed E-state index contributed by atoms with van der Waals surface area (Å²) in [4.78, 5) is 52.3. The first-order valence-corrected chi connectivity index (χ1v) is 20.2. The van der Waals surface area contributed by atoms with Crippen LogP contribution >= 0.6 is 0 Å². The van der Waals surface area contributed by atoms with E-state index in [1.165, 1.54) is 38.5 Å². The smallest absolute Gasteiger partial charge is 0.331 e. The second-order valence-electron chi connectivity index (χ2n) is 17.0. The van der Waals surface area contributed by atoms with Crippen molar-refractivity contribution < 1.29 is 44.5 Å². The maximum Gasteiger partial charge on any atom is 0.331 e. The molecule has 2 heterocycles. The molecule has 2 aliphatic rings. The molecule has 0 radical (unpaired) electrons. The molecule has 2 unspecified atom stereocenters. The topological polar surface area (TPSA) is 205 Å². The van der Waals surface area contributed by atoms with Gasteiger partial charge in [0.15, 0.2) is 16.9 Å². The van der Waals surface area contributed by atoms with Crippen molar-refractivity contribution in [1.82, 2.24) is 0 Å². The average molecular weight is 831 g/mol. The van der Waals surface area contributed by atoms with Crippen LogP contribution in [-0.2, 0) is 22.6 Å². The number of aliphatic imine (C=N–C) groups is 2. The van der Waals surface area contributed by atoms with Crippen molar-refractivity contribution in [3.63, 3.8) is 0 Å². The van der Waals surface area contributed by atoms with E-state index >= 15 is 0 Å². The fraction of sp³-hybridized carbons (Fsp3) is 0.245. The summed E-state index contributed by atoms with van der Waals surface area (Å²) >= 11 is 0. The fourth-order valence-electron chi connectivity index (χ4n) is 10.8. The van der Waals surface area contributed by atoms with Crippen LogP contribution < -0.4 is 20.3 Å². The highest BCUT2D eigenvalue weighted by molar-refractivity contribution is 6.52. The molecule has 0 spiro atoms. The van der Waals surface area contributed by atoms with Crippen LogP contribution in [0.5, 0.6) is 40.2 Å². The number of phenolic OH excluding ortho intramolecular Hbond substituents is 5. The minimum atomic E-state index is -0.872. The molecule has 0 amide bonds. The first-order valence-electron chi connectivity index (χ1n) is 20.2. The Hall–Kier alpha value is -7.41. The summed E-state index contributed by atoms with van der Waals surface area (Å²) in [6, 6.07) is 4.42. The average Bonchev–Trinajstić information content (AvgIpc) is 3.86. The number of fused-ring (bicyclic) bond motifs is 3. The molecular formula is C49H38N2O11. The van der Waals surface area contributed by atoms with Crippen molar-refractivity contribution in [3.05, 3.63) is 78.1 Å². The third-order valence-electron chi connectivity index (χ3n) is 13.8. The Bertz CT molecular complexity index is 3740. The van der Waals surface area contributed by atoms with E-state index in [9.17, 15) is 39.9 Å². The van der Waals surface area contributed by atoms with E-state index < -0.39 is 34.4 Å². The summed E-state index contributed by atoms with van der Waals surface area (Å²) in [6.45, 7) is 8.90. The molecule has 0 aromatic heterocycles. The number of hydrogen-bond donors (Lipinski definition) is 5. The van der Waals surface area contributed by atoms with Crippen LogP contribution in [0.4, 0.5) is 5.69 Å². The van der Waals surface area contributed by atoms with Gasteiger partial charge >= 0.3 is 5.97 Å². The zero-order valence-electron chi connectivity index (χ0n) is 34.7. The lowest BCUT2D eigenvalue weighted by Gasteiger charge is -2.26. The molecule has 2 atom stereocenters. The van der Waals surface area contributed by atoms with Gasteiger partial charge in [-0.1, -0.05) is 6.92 Å². The number of rotatable bonds is 6. The monoisotopic (exact) mass is 830 g/mol. The van der Waals surface area contributed by atoms with Gasteiger partial charge in [-0.2, -0.15) is 0 Å². The molecular weight excluding hydrogens is 793 g/mol. The van der Waals surface area contributed by atoms with Gasteiger partial charge < -0.3 is 39.7 Å². The number of aromatic hydroxyl groups is 5. The van der Waals surface area contributed by atoms with E-state index in [-0.39, 0.29) is 73.8 Å². The van der Waals surface area contributed by atoms with Crippen LogP contribution in [0.3, 0.4) is 0 Å². The number of aryl methyl sites for hydroxylation is 1. The number of hydrogen-bond acceptors (Lipinski definition) is 13. The predicted molar refractivity (Wildman–Crippen MR) is 239 cm³/mol. The molecule has 2 aliphatic heterocycles. The Kier molecular flexibility index (Phi) is 7.48. The summed E-state index contributed by atoms with van der Waals surface area (Å²) in [5, 5.41) is 61.2. The zero-order valence-corrected chi connectivity index (χ0v) is 34.7. The lowest BCUT2D eigenvalue weighted by Crippen LogP contribution is -2.25. The zero-order chi connectivity index (χ0) is 43.7. The van der Waals surface area contributed by atoms with Gasteiger partial charge in [0, 0.05) is 67.2 Å². The quantitative estimate of drug-likeness (QED) is 0.0613. The van der Waals surface area contributed by atoms with Crippen molar-refractivity contribution >= 4 is 98.5 Å². The van der Waals surface area contributed by atoms with Gasteiger partial charge in [0.1, 0.15) is 46.9 Å². The molecule has 9 aromatic carbocycles. The molecule has 310 valence electrons. The maximum absolute atomic E-state index is 14.4. The van der Waals surface area contributed by atoms with E-state index in [1.807, 2.05) is 27.7 Å². The normalized spacial score (nSPS) is 16.6. The molecule has 0 fully saturated rings. The van der Waals surface area contributed by atoms with Crippen LogP contribution in [0.1, 0.15) is 46.7 Å². The van der Waals surface area contributed by atoms with Crippen LogP contribution in [-0.4, -0.2) is 63.2 Å². The van der Waals surface area contributed by atoms with E-state index in [0.717, 1.165) is 33.7 Å². The molecule has 0 bridgehead atoms. The van der Waals surface area contributed by atoms with Crippen LogP contribution in [0.25, 0.3) is 75.4 Å². The lowest BCUT2D eigenvalue weighted by atomic mass is 9.77. The van der Waals surface area contributed by atoms with Gasteiger partial charge in [-0.25, -0.2) is 4.79 Å². The first-order chi connectivity index (χ1) is 29.6. The van der Waals surface area contributed by atoms with Crippen molar-refractivity contribution in [1.29, 1.82) is 0 Å². The van der Waals surface area contributed by atoms with Crippen LogP contribution in [0.2, 0.25) is 0 Å². The largest absolute Gasteiger partial charge is 0.507 e. The molecule has 0 saturated heterocycles. The predicted octanol–water partition coefficient (Wildman–Crippen LogP) is 8.23. The Morgan fingerprint density at radius 1 is 0.629 bits per heavy atom. The standard InChI is InChI=1S/C49H38N2O11/c1-15-9-24(52)32-38-30(15)31-20(14-62-49(59)44-16(2)8-22(50-44)23-11-21-19(5)46(56)18(4)17(3)45(21)51-23)10-25(53)33-39(31)43-41-35(48(33)58)27(55)13-29(61-7)37(41)36-28(60-6)12-26(54)34(47(32)57)40(36)42(38)43/h9-10,12-13,16,44,54-58H,8,11,14H2,1-7H3. The van der Waals surface area contributed by atoms with Crippen LogP contribution in [0.15, 0.2) is 43.8 Å². The van der Waals surface area contributed by atoms with Gasteiger partial charge in [-0.15, -0.1) is 0 Å². The number of carbonyl (C=O) groups excluding carboxylic acids is 1. The summed E-state index contributed by atoms with van der Waals surface area (Å²) < 4.78 is 17.7. The van der Waals surface area contributed by atoms with Gasteiger partial charge in [-0.05, 0) is 90.8 Å². The number of carbonyl (C=O) groups is 1. The number of esters is 1. The highest BCUT2D eigenvalue weighted by Crippen LogP contribution is 2.60. The fourth-order valence-corrected chi connectivity index (χ4v) is 10.8. The first kappa shape index (κ1) is 37.6. The van der Waals surface area contributed by atoms with Gasteiger partial charge in [0.2, 0.25) is 0 Å². The molecule has 11 rings (SSSR count). The second-order valence-corrected chi connectivity index (χ2v) is 17.0. The Labute approximate surface area is 350 Å². The minimum Gasteiger partial charge on any atom is -0.507 e. The van der Waals surface area contributed by atoms with Gasteiger partial charge in [0.25, 0.3) is 0 Å². The highest BCUT2D eigenvalue weighted by atomic mass is 16.5. The number of benzene rings is 9. The lowest BCUT2D eigenvalue weighted by molar-refractivity contribution is -0.147. The van der Waals surface area contributed by atoms with Crippen LogP contribution in [0, 0.1) is 33.6 Å². The molecule has 0 aliphatic carbocycles. The van der Waals surface area contributed by atoms with E-state index in [0.29, 0.717) is 72.6 Å². The van der Waals surface area contributed by atoms with Gasteiger partial charge in [0.05, 0.1) is 52.9 Å². The Morgan fingerprint density at radius 2 is 1.16 bits per heavy atom. The van der Waals surface area contributed by atoms with E-state index in [4.69, 9.17) is 24.2 Å². The molecule has 13 heteroatoms. The third-order valence-corrected chi connectivity index (χ3v) is 13.8. The molecule has 0 saturated carbocycles. The van der Waals surface area contributed by atoms with Crippen molar-refractivity contribution in [2.45, 2.75) is 60.1 Å². The van der Waals surface area contributed by atoms with E-state index in [1.54, 1.807) is 6.92 Å². The summed E-state index contributed by atoms with van der Waals surface area (Å²) in [5.41, 5.74) is 5.22. The summed E-state index contributed by atoms with van der Waals surface area (Å²) in [6.07, 6.45) is 0.951. The number of methoxy groups -OCH3 is 2. The van der Waals surface area contributed by atoms with E-state index in [2.05, 4.69) is 0 Å². The Morgan fingerprint density at radius 3 is 1.74 bits per heavy atom. The minimum absolute atomic E-state index is 0.0298. The molecule has 62 heavy (non-hydrogen) atoms. The summed E-state index contributed by atoms with van der Waals surface area (Å²) in [5.74, 6) is -1.94. The molecule has 9 aromatic rings. The molecule has 13 nitrogen and oxygen atoms in total. The van der Waals surface area contributed by atoms with Crippen molar-refractivity contribution in [2.75, 3.05) is 14.2 Å². The van der Waals surface area contributed by atoms with Gasteiger partial charge in [-0.3, -0.25) is 19.6 Å². The summed E-state index contributed by atoms with van der Waals surface area (Å²) in [7, 11) is 2.82. The number of nitrogens with zero attached hydrogens (tertiary/aromatic N) is 2. The number of phenols is 5. The van der Waals surface area contributed by atoms with Crippen molar-refractivity contribution in [3.8, 4) is 40.2 Å². The second kappa shape index (κ2) is 12.3.